The molecule has 1 rings (SSSR count). The van der Waals surface area contributed by atoms with Crippen LogP contribution in [0.1, 0.15) is 71.7 Å². The van der Waals surface area contributed by atoms with E-state index in [9.17, 15) is 14.8 Å². The van der Waals surface area contributed by atoms with E-state index in [4.69, 9.17) is 11.6 Å². The first kappa shape index (κ1) is 23.0. The highest BCUT2D eigenvalue weighted by Gasteiger charge is 2.39. The number of amides is 1. The molecule has 7 heteroatoms. The minimum atomic E-state index is -1.73. The molecule has 5 nitrogen and oxygen atoms in total. The molecular formula is C19H32BClN2O3. The number of halogens is 1. The highest BCUT2D eigenvalue weighted by Crippen LogP contribution is 2.32. The molecule has 1 aromatic rings. The largest absolute Gasteiger partial charge is 0.489 e. The second-order valence-electron chi connectivity index (χ2n) is 8.48. The molecule has 0 radical (unpaired) electrons. The fourth-order valence-corrected chi connectivity index (χ4v) is 3.78. The maximum Gasteiger partial charge on any atom is 0.489 e. The smallest absolute Gasteiger partial charge is 0.423 e. The molecule has 1 amide bonds. The van der Waals surface area contributed by atoms with Crippen LogP contribution in [0.2, 0.25) is 5.02 Å². The second kappa shape index (κ2) is 8.74. The summed E-state index contributed by atoms with van der Waals surface area (Å²) in [5.41, 5.74) is 2.81. The first-order chi connectivity index (χ1) is 11.8. The molecule has 0 aliphatic rings. The fraction of sp³-hybridized carbons (Fsp3) is 0.632. The van der Waals surface area contributed by atoms with Crippen LogP contribution in [0.25, 0.3) is 0 Å². The number of hydrazine groups is 1. The van der Waals surface area contributed by atoms with Gasteiger partial charge in [0, 0.05) is 16.5 Å². The minimum Gasteiger partial charge on any atom is -0.423 e. The van der Waals surface area contributed by atoms with Crippen molar-refractivity contribution in [2.24, 2.45) is 5.92 Å². The van der Waals surface area contributed by atoms with E-state index in [0.717, 1.165) is 12.8 Å². The molecule has 26 heavy (non-hydrogen) atoms. The standard InChI is InChI=1S/C19H32BClN2O3/c1-8-19(7,12-13(2)3)23(18(4,5)6)22-17(24)14-10-9-11-15(16(14)21)20(25)26/h9-11,13,25-26H,8,12H2,1-7H3,(H,22,24). The van der Waals surface area contributed by atoms with Crippen molar-refractivity contribution in [3.8, 4) is 0 Å². The monoisotopic (exact) mass is 382 g/mol. The normalized spacial score (nSPS) is 14.5. The average molecular weight is 383 g/mol. The van der Waals surface area contributed by atoms with Crippen molar-refractivity contribution in [1.29, 1.82) is 0 Å². The number of carbonyl (C=O) groups is 1. The Morgan fingerprint density at radius 1 is 1.27 bits per heavy atom. The van der Waals surface area contributed by atoms with Crippen LogP contribution in [0.4, 0.5) is 0 Å². The molecule has 1 unspecified atom stereocenters. The van der Waals surface area contributed by atoms with Gasteiger partial charge >= 0.3 is 7.12 Å². The molecule has 0 heterocycles. The topological polar surface area (TPSA) is 72.8 Å². The molecule has 0 saturated heterocycles. The Balaban J connectivity index is 3.25. The number of rotatable bonds is 7. The number of hydrogen-bond acceptors (Lipinski definition) is 4. The summed E-state index contributed by atoms with van der Waals surface area (Å²) in [6, 6.07) is 4.65. The van der Waals surface area contributed by atoms with Crippen molar-refractivity contribution in [3.05, 3.63) is 28.8 Å². The van der Waals surface area contributed by atoms with Gasteiger partial charge in [-0.15, -0.1) is 0 Å². The Hall–Kier alpha value is -1.08. The van der Waals surface area contributed by atoms with Gasteiger partial charge in [0.1, 0.15) is 0 Å². The van der Waals surface area contributed by atoms with Gasteiger partial charge in [0.25, 0.3) is 5.91 Å². The van der Waals surface area contributed by atoms with Crippen LogP contribution < -0.4 is 10.9 Å². The van der Waals surface area contributed by atoms with Gasteiger partial charge in [-0.3, -0.25) is 10.2 Å². The zero-order valence-electron chi connectivity index (χ0n) is 16.9. The Bertz CT molecular complexity index is 632. The van der Waals surface area contributed by atoms with Gasteiger partial charge in [0.05, 0.1) is 10.6 Å². The molecule has 146 valence electrons. The summed E-state index contributed by atoms with van der Waals surface area (Å²) in [6.07, 6.45) is 1.79. The predicted octanol–water partition coefficient (Wildman–Crippen LogP) is 2.98. The molecule has 0 saturated carbocycles. The van der Waals surface area contributed by atoms with Crippen molar-refractivity contribution in [1.82, 2.24) is 10.4 Å². The van der Waals surface area contributed by atoms with Crippen molar-refractivity contribution in [2.75, 3.05) is 0 Å². The van der Waals surface area contributed by atoms with Gasteiger partial charge in [-0.1, -0.05) is 44.5 Å². The van der Waals surface area contributed by atoms with Crippen LogP contribution in [0, 0.1) is 5.92 Å². The van der Waals surface area contributed by atoms with Crippen LogP contribution in [-0.2, 0) is 0 Å². The van der Waals surface area contributed by atoms with Crippen molar-refractivity contribution in [2.45, 2.75) is 72.4 Å². The van der Waals surface area contributed by atoms with E-state index in [2.05, 4.69) is 53.9 Å². The minimum absolute atomic E-state index is 0.0518. The van der Waals surface area contributed by atoms with Gasteiger partial charge in [0.15, 0.2) is 0 Å². The number of carbonyl (C=O) groups excluding carboxylic acids is 1. The third-order valence-corrected chi connectivity index (χ3v) is 5.01. The third-order valence-electron chi connectivity index (χ3n) is 4.59. The summed E-state index contributed by atoms with van der Waals surface area (Å²) < 4.78 is 0. The van der Waals surface area contributed by atoms with E-state index < -0.39 is 7.12 Å². The fourth-order valence-electron chi connectivity index (χ4n) is 3.47. The van der Waals surface area contributed by atoms with Gasteiger partial charge in [-0.25, -0.2) is 5.01 Å². The van der Waals surface area contributed by atoms with Crippen LogP contribution in [-0.4, -0.2) is 39.2 Å². The SMILES string of the molecule is CCC(C)(CC(C)C)N(NC(=O)c1cccc(B(O)O)c1Cl)C(C)(C)C. The number of hydrogen-bond donors (Lipinski definition) is 3. The summed E-state index contributed by atoms with van der Waals surface area (Å²) in [4.78, 5) is 12.9. The summed E-state index contributed by atoms with van der Waals surface area (Å²) in [5.74, 6) is 0.106. The highest BCUT2D eigenvalue weighted by atomic mass is 35.5. The lowest BCUT2D eigenvalue weighted by Crippen LogP contribution is -2.63. The van der Waals surface area contributed by atoms with E-state index in [1.165, 1.54) is 6.07 Å². The van der Waals surface area contributed by atoms with Gasteiger partial charge < -0.3 is 10.0 Å². The molecule has 0 aliphatic carbocycles. The Morgan fingerprint density at radius 3 is 2.27 bits per heavy atom. The molecule has 1 aromatic carbocycles. The number of nitrogens with zero attached hydrogens (tertiary/aromatic N) is 1. The number of nitrogens with one attached hydrogen (secondary N) is 1. The second-order valence-corrected chi connectivity index (χ2v) is 8.86. The van der Waals surface area contributed by atoms with E-state index in [1.54, 1.807) is 12.1 Å². The summed E-state index contributed by atoms with van der Waals surface area (Å²) >= 11 is 6.23. The quantitative estimate of drug-likeness (QED) is 0.501. The maximum absolute atomic E-state index is 12.9. The van der Waals surface area contributed by atoms with Gasteiger partial charge in [-0.05, 0) is 52.5 Å². The average Bonchev–Trinajstić information content (AvgIpc) is 2.50. The first-order valence-corrected chi connectivity index (χ1v) is 9.47. The first-order valence-electron chi connectivity index (χ1n) is 9.09. The molecule has 0 aliphatic heterocycles. The molecule has 0 fully saturated rings. The molecule has 0 bridgehead atoms. The summed E-state index contributed by atoms with van der Waals surface area (Å²) in [6.45, 7) is 14.8. The summed E-state index contributed by atoms with van der Waals surface area (Å²) in [7, 11) is -1.73. The highest BCUT2D eigenvalue weighted by molar-refractivity contribution is 6.63. The lowest BCUT2D eigenvalue weighted by atomic mass is 9.79. The Labute approximate surface area is 162 Å². The Morgan fingerprint density at radius 2 is 1.85 bits per heavy atom. The zero-order chi connectivity index (χ0) is 20.3. The zero-order valence-corrected chi connectivity index (χ0v) is 17.7. The van der Waals surface area contributed by atoms with Crippen LogP contribution in [0.5, 0.6) is 0 Å². The predicted molar refractivity (Wildman–Crippen MR) is 108 cm³/mol. The van der Waals surface area contributed by atoms with E-state index >= 15 is 0 Å². The van der Waals surface area contributed by atoms with Gasteiger partial charge in [0.2, 0.25) is 0 Å². The van der Waals surface area contributed by atoms with Crippen LogP contribution in [0.15, 0.2) is 18.2 Å². The van der Waals surface area contributed by atoms with Crippen molar-refractivity contribution in [3.63, 3.8) is 0 Å². The van der Waals surface area contributed by atoms with Crippen LogP contribution in [0.3, 0.4) is 0 Å². The maximum atomic E-state index is 12.9. The van der Waals surface area contributed by atoms with Crippen molar-refractivity contribution >= 4 is 30.1 Å². The van der Waals surface area contributed by atoms with E-state index in [-0.39, 0.29) is 33.0 Å². The molecule has 1 atom stereocenters. The molecule has 3 N–H and O–H groups in total. The molecular weight excluding hydrogens is 350 g/mol. The third kappa shape index (κ3) is 5.46. The lowest BCUT2D eigenvalue weighted by molar-refractivity contribution is -0.0394. The lowest BCUT2D eigenvalue weighted by Gasteiger charge is -2.49. The van der Waals surface area contributed by atoms with E-state index in [1.807, 2.05) is 5.01 Å². The number of benzene rings is 1. The Kier molecular flexibility index (Phi) is 7.72. The van der Waals surface area contributed by atoms with Gasteiger partial charge in [-0.2, -0.15) is 0 Å². The van der Waals surface area contributed by atoms with Crippen LogP contribution >= 0.6 is 11.6 Å². The summed E-state index contributed by atoms with van der Waals surface area (Å²) in [5, 5.41) is 20.9. The molecule has 0 spiro atoms. The van der Waals surface area contributed by atoms with E-state index in [0.29, 0.717) is 5.92 Å². The van der Waals surface area contributed by atoms with Crippen molar-refractivity contribution < 1.29 is 14.8 Å². The molecule has 0 aromatic heterocycles.